The molecule has 1 amide bonds. The van der Waals surface area contributed by atoms with Crippen molar-refractivity contribution in [2.75, 3.05) is 26.7 Å². The van der Waals surface area contributed by atoms with E-state index >= 15 is 0 Å². The van der Waals surface area contributed by atoms with Gasteiger partial charge >= 0.3 is 0 Å². The molecule has 17 heavy (non-hydrogen) atoms. The molecule has 0 radical (unpaired) electrons. The number of amides is 1. The molecular formula is C13H17FN2O. The molecule has 0 aliphatic carbocycles. The van der Waals surface area contributed by atoms with Gasteiger partial charge in [0.15, 0.2) is 0 Å². The Morgan fingerprint density at radius 2 is 2.18 bits per heavy atom. The largest absolute Gasteiger partial charge is 0.338 e. The van der Waals surface area contributed by atoms with Crippen molar-refractivity contribution in [3.63, 3.8) is 0 Å². The van der Waals surface area contributed by atoms with Crippen LogP contribution in [0.4, 0.5) is 4.39 Å². The van der Waals surface area contributed by atoms with Gasteiger partial charge in [0, 0.05) is 13.1 Å². The molecule has 0 atom stereocenters. The van der Waals surface area contributed by atoms with Gasteiger partial charge in [0.05, 0.1) is 5.56 Å². The highest BCUT2D eigenvalue weighted by atomic mass is 19.1. The molecule has 1 aromatic rings. The maximum atomic E-state index is 13.4. The third kappa shape index (κ3) is 2.64. The van der Waals surface area contributed by atoms with Gasteiger partial charge < -0.3 is 10.2 Å². The minimum atomic E-state index is -0.434. The smallest absolute Gasteiger partial charge is 0.256 e. The lowest BCUT2D eigenvalue weighted by Crippen LogP contribution is -2.50. The molecule has 4 heteroatoms. The van der Waals surface area contributed by atoms with E-state index in [1.165, 1.54) is 6.07 Å². The Bertz CT molecular complexity index is 402. The van der Waals surface area contributed by atoms with Gasteiger partial charge in [-0.2, -0.15) is 0 Å². The summed E-state index contributed by atoms with van der Waals surface area (Å²) in [6.07, 6.45) is 1.07. The first kappa shape index (κ1) is 12.0. The fourth-order valence-electron chi connectivity index (χ4n) is 2.07. The van der Waals surface area contributed by atoms with Crippen LogP contribution in [-0.4, -0.2) is 37.5 Å². The molecule has 1 aromatic carbocycles. The van der Waals surface area contributed by atoms with Crippen LogP contribution in [0.15, 0.2) is 24.3 Å². The second-order valence-corrected chi connectivity index (χ2v) is 4.45. The SMILES string of the molecule is CNCCC1CN(C(=O)c2ccccc2F)C1. The van der Waals surface area contributed by atoms with E-state index in [0.29, 0.717) is 5.92 Å². The number of carbonyl (C=O) groups excluding carboxylic acids is 1. The van der Waals surface area contributed by atoms with Gasteiger partial charge in [-0.3, -0.25) is 4.79 Å². The monoisotopic (exact) mass is 236 g/mol. The number of carbonyl (C=O) groups is 1. The topological polar surface area (TPSA) is 32.3 Å². The number of rotatable bonds is 4. The van der Waals surface area contributed by atoms with Crippen molar-refractivity contribution >= 4 is 5.91 Å². The lowest BCUT2D eigenvalue weighted by Gasteiger charge is -2.39. The number of nitrogens with zero attached hydrogens (tertiary/aromatic N) is 1. The Balaban J connectivity index is 1.89. The van der Waals surface area contributed by atoms with E-state index in [4.69, 9.17) is 0 Å². The fraction of sp³-hybridized carbons (Fsp3) is 0.462. The minimum Gasteiger partial charge on any atom is -0.338 e. The molecule has 3 nitrogen and oxygen atoms in total. The average Bonchev–Trinajstić information content (AvgIpc) is 2.27. The van der Waals surface area contributed by atoms with E-state index in [1.54, 1.807) is 23.1 Å². The molecular weight excluding hydrogens is 219 g/mol. The summed E-state index contributed by atoms with van der Waals surface area (Å²) in [5, 5.41) is 3.09. The second kappa shape index (κ2) is 5.27. The second-order valence-electron chi connectivity index (χ2n) is 4.45. The predicted molar refractivity (Wildman–Crippen MR) is 64.3 cm³/mol. The lowest BCUT2D eigenvalue weighted by atomic mass is 9.95. The van der Waals surface area contributed by atoms with E-state index in [0.717, 1.165) is 26.1 Å². The highest BCUT2D eigenvalue weighted by Gasteiger charge is 2.31. The van der Waals surface area contributed by atoms with Crippen LogP contribution < -0.4 is 5.32 Å². The van der Waals surface area contributed by atoms with Crippen LogP contribution in [0, 0.1) is 11.7 Å². The molecule has 0 spiro atoms. The molecule has 2 rings (SSSR count). The molecule has 92 valence electrons. The summed E-state index contributed by atoms with van der Waals surface area (Å²) >= 11 is 0. The highest BCUT2D eigenvalue weighted by molar-refractivity contribution is 5.94. The third-order valence-electron chi connectivity index (χ3n) is 3.15. The molecule has 0 aromatic heterocycles. The molecule has 1 heterocycles. The summed E-state index contributed by atoms with van der Waals surface area (Å²) in [5.41, 5.74) is 0.180. The van der Waals surface area contributed by atoms with E-state index < -0.39 is 5.82 Å². The van der Waals surface area contributed by atoms with E-state index in [9.17, 15) is 9.18 Å². The van der Waals surface area contributed by atoms with Gasteiger partial charge in [-0.1, -0.05) is 12.1 Å². The van der Waals surface area contributed by atoms with Crippen molar-refractivity contribution < 1.29 is 9.18 Å². The van der Waals surface area contributed by atoms with Gasteiger partial charge in [0.1, 0.15) is 5.82 Å². The summed E-state index contributed by atoms with van der Waals surface area (Å²) < 4.78 is 13.4. The van der Waals surface area contributed by atoms with Crippen LogP contribution in [0.5, 0.6) is 0 Å². The standard InChI is InChI=1S/C13H17FN2O/c1-15-7-6-10-8-16(9-10)13(17)11-4-2-3-5-12(11)14/h2-5,10,15H,6-9H2,1H3. The Labute approximate surface area is 101 Å². The summed E-state index contributed by atoms with van der Waals surface area (Å²) in [7, 11) is 1.92. The van der Waals surface area contributed by atoms with Gasteiger partial charge in [-0.05, 0) is 38.1 Å². The number of halogens is 1. The first-order valence-corrected chi connectivity index (χ1v) is 5.90. The van der Waals surface area contributed by atoms with Gasteiger partial charge in [-0.15, -0.1) is 0 Å². The van der Waals surface area contributed by atoms with Crippen LogP contribution in [-0.2, 0) is 0 Å². The summed E-state index contributed by atoms with van der Waals surface area (Å²) in [6, 6.07) is 6.15. The molecule has 0 saturated carbocycles. The van der Waals surface area contributed by atoms with E-state index in [-0.39, 0.29) is 11.5 Å². The number of hydrogen-bond acceptors (Lipinski definition) is 2. The number of hydrogen-bond donors (Lipinski definition) is 1. The van der Waals surface area contributed by atoms with Crippen molar-refractivity contribution in [2.24, 2.45) is 5.92 Å². The molecule has 1 saturated heterocycles. The molecule has 0 unspecified atom stereocenters. The van der Waals surface area contributed by atoms with Gasteiger partial charge in [-0.25, -0.2) is 4.39 Å². The van der Waals surface area contributed by atoms with Crippen molar-refractivity contribution in [1.29, 1.82) is 0 Å². The first-order valence-electron chi connectivity index (χ1n) is 5.90. The zero-order valence-electron chi connectivity index (χ0n) is 9.95. The molecule has 1 fully saturated rings. The Morgan fingerprint density at radius 1 is 1.47 bits per heavy atom. The van der Waals surface area contributed by atoms with Crippen LogP contribution in [0.2, 0.25) is 0 Å². The van der Waals surface area contributed by atoms with Crippen molar-refractivity contribution in [3.8, 4) is 0 Å². The summed E-state index contributed by atoms with van der Waals surface area (Å²) in [4.78, 5) is 13.6. The first-order chi connectivity index (χ1) is 8.22. The maximum absolute atomic E-state index is 13.4. The van der Waals surface area contributed by atoms with Gasteiger partial charge in [0.2, 0.25) is 0 Å². The third-order valence-corrected chi connectivity index (χ3v) is 3.15. The number of benzene rings is 1. The predicted octanol–water partition coefficient (Wildman–Crippen LogP) is 1.51. The molecule has 0 bridgehead atoms. The summed E-state index contributed by atoms with van der Waals surface area (Å²) in [5.74, 6) is -0.0712. The van der Waals surface area contributed by atoms with Gasteiger partial charge in [0.25, 0.3) is 5.91 Å². The van der Waals surface area contributed by atoms with Crippen LogP contribution in [0.3, 0.4) is 0 Å². The van der Waals surface area contributed by atoms with E-state index in [2.05, 4.69) is 5.32 Å². The lowest BCUT2D eigenvalue weighted by molar-refractivity contribution is 0.0482. The van der Waals surface area contributed by atoms with Crippen LogP contribution in [0.25, 0.3) is 0 Å². The Kier molecular flexibility index (Phi) is 3.74. The Hall–Kier alpha value is -1.42. The summed E-state index contributed by atoms with van der Waals surface area (Å²) in [6.45, 7) is 2.45. The van der Waals surface area contributed by atoms with Crippen molar-refractivity contribution in [3.05, 3.63) is 35.6 Å². The average molecular weight is 236 g/mol. The molecule has 1 aliphatic heterocycles. The molecule has 1 N–H and O–H groups in total. The highest BCUT2D eigenvalue weighted by Crippen LogP contribution is 2.21. The number of nitrogens with one attached hydrogen (secondary N) is 1. The quantitative estimate of drug-likeness (QED) is 0.859. The number of likely N-dealkylation sites (tertiary alicyclic amines) is 1. The zero-order chi connectivity index (χ0) is 12.3. The maximum Gasteiger partial charge on any atom is 0.256 e. The van der Waals surface area contributed by atoms with Crippen molar-refractivity contribution in [1.82, 2.24) is 10.2 Å². The van der Waals surface area contributed by atoms with Crippen LogP contribution >= 0.6 is 0 Å². The zero-order valence-corrected chi connectivity index (χ0v) is 9.95. The van der Waals surface area contributed by atoms with E-state index in [1.807, 2.05) is 7.05 Å². The van der Waals surface area contributed by atoms with Crippen LogP contribution in [0.1, 0.15) is 16.8 Å². The molecule has 1 aliphatic rings. The minimum absolute atomic E-state index is 0.180. The fourth-order valence-corrected chi connectivity index (χ4v) is 2.07. The normalized spacial score (nSPS) is 15.8. The Morgan fingerprint density at radius 3 is 2.82 bits per heavy atom. The van der Waals surface area contributed by atoms with Crippen molar-refractivity contribution in [2.45, 2.75) is 6.42 Å².